The van der Waals surface area contributed by atoms with E-state index in [-0.39, 0.29) is 0 Å². The Morgan fingerprint density at radius 3 is 2.39 bits per heavy atom. The molecule has 0 aliphatic carbocycles. The molecule has 0 atom stereocenters. The van der Waals surface area contributed by atoms with Crippen LogP contribution in [0.1, 0.15) is 27.0 Å². The molecule has 1 aromatic carbocycles. The van der Waals surface area contributed by atoms with E-state index in [1.165, 1.54) is 0 Å². The molecule has 18 heavy (non-hydrogen) atoms. The molecular weight excluding hydrogens is 226 g/mol. The molecule has 1 aromatic heterocycles. The highest BCUT2D eigenvalue weighted by Gasteiger charge is 2.11. The topological polar surface area (TPSA) is 50.2 Å². The predicted molar refractivity (Wildman–Crippen MR) is 70.8 cm³/mol. The number of hydrogen-bond acceptors (Lipinski definition) is 2. The largest absolute Gasteiger partial charge is 0.478 e. The van der Waals surface area contributed by atoms with Gasteiger partial charge in [-0.1, -0.05) is 6.07 Å². The summed E-state index contributed by atoms with van der Waals surface area (Å²) in [6.07, 6.45) is 3.54. The zero-order valence-electron chi connectivity index (χ0n) is 10.7. The van der Waals surface area contributed by atoms with E-state index in [1.807, 2.05) is 32.9 Å². The predicted octanol–water partition coefficient (Wildman–Crippen LogP) is 3.37. The Hall–Kier alpha value is -2.16. The first-order valence-corrected chi connectivity index (χ1v) is 5.75. The van der Waals surface area contributed by atoms with Crippen molar-refractivity contribution in [2.75, 3.05) is 0 Å². The molecule has 3 heteroatoms. The number of hydrogen-bond donors (Lipinski definition) is 1. The quantitative estimate of drug-likeness (QED) is 0.876. The molecule has 0 aliphatic rings. The maximum Gasteiger partial charge on any atom is 0.335 e. The number of carboxylic acid groups (broad SMARTS) is 1. The fourth-order valence-corrected chi connectivity index (χ4v) is 2.10. The first-order chi connectivity index (χ1) is 8.49. The zero-order valence-corrected chi connectivity index (χ0v) is 10.7. The third-order valence-electron chi connectivity index (χ3n) is 2.99. The number of carbonyl (C=O) groups is 1. The van der Waals surface area contributed by atoms with Gasteiger partial charge in [0.1, 0.15) is 0 Å². The van der Waals surface area contributed by atoms with Gasteiger partial charge in [-0.25, -0.2) is 4.79 Å². The van der Waals surface area contributed by atoms with Crippen LogP contribution < -0.4 is 0 Å². The van der Waals surface area contributed by atoms with Crippen LogP contribution in [0.4, 0.5) is 0 Å². The van der Waals surface area contributed by atoms with Gasteiger partial charge in [-0.15, -0.1) is 0 Å². The van der Waals surface area contributed by atoms with Gasteiger partial charge >= 0.3 is 5.97 Å². The molecule has 0 saturated carbocycles. The average Bonchev–Trinajstić information content (AvgIpc) is 2.28. The van der Waals surface area contributed by atoms with E-state index in [9.17, 15) is 4.79 Å². The van der Waals surface area contributed by atoms with E-state index in [0.29, 0.717) is 5.56 Å². The molecule has 2 rings (SSSR count). The van der Waals surface area contributed by atoms with Gasteiger partial charge in [-0.2, -0.15) is 0 Å². The van der Waals surface area contributed by atoms with Gasteiger partial charge in [-0.05, 0) is 55.2 Å². The number of rotatable bonds is 2. The Bertz CT molecular complexity index is 618. The lowest BCUT2D eigenvalue weighted by molar-refractivity contribution is 0.0696. The number of carboxylic acids is 1. The SMILES string of the molecule is Cc1cncc(-c2cc(C(=O)O)c(C)cc2C)c1. The fourth-order valence-electron chi connectivity index (χ4n) is 2.10. The summed E-state index contributed by atoms with van der Waals surface area (Å²) in [6.45, 7) is 5.77. The number of aromatic carboxylic acids is 1. The number of pyridine rings is 1. The van der Waals surface area contributed by atoms with Crippen molar-refractivity contribution in [3.63, 3.8) is 0 Å². The first kappa shape index (κ1) is 12.3. The van der Waals surface area contributed by atoms with Gasteiger partial charge < -0.3 is 5.11 Å². The minimum atomic E-state index is -0.894. The number of nitrogens with zero attached hydrogens (tertiary/aromatic N) is 1. The molecule has 92 valence electrons. The highest BCUT2D eigenvalue weighted by molar-refractivity contribution is 5.91. The van der Waals surface area contributed by atoms with Crippen molar-refractivity contribution in [1.82, 2.24) is 4.98 Å². The molecule has 0 spiro atoms. The number of aromatic nitrogens is 1. The Kier molecular flexibility index (Phi) is 3.15. The summed E-state index contributed by atoms with van der Waals surface area (Å²) in [5, 5.41) is 9.17. The summed E-state index contributed by atoms with van der Waals surface area (Å²) in [6, 6.07) is 5.64. The van der Waals surface area contributed by atoms with E-state index < -0.39 is 5.97 Å². The van der Waals surface area contributed by atoms with E-state index in [4.69, 9.17) is 5.11 Å². The summed E-state index contributed by atoms with van der Waals surface area (Å²) < 4.78 is 0. The zero-order chi connectivity index (χ0) is 13.3. The maximum absolute atomic E-state index is 11.2. The fraction of sp³-hybridized carbons (Fsp3) is 0.200. The molecule has 3 nitrogen and oxygen atoms in total. The molecule has 0 fully saturated rings. The lowest BCUT2D eigenvalue weighted by atomic mass is 9.95. The normalized spacial score (nSPS) is 10.4. The number of benzene rings is 1. The van der Waals surface area contributed by atoms with Crippen LogP contribution in [0.25, 0.3) is 11.1 Å². The van der Waals surface area contributed by atoms with Crippen molar-refractivity contribution in [3.8, 4) is 11.1 Å². The van der Waals surface area contributed by atoms with Crippen LogP contribution in [0.5, 0.6) is 0 Å². The van der Waals surface area contributed by atoms with Gasteiger partial charge in [0.2, 0.25) is 0 Å². The van der Waals surface area contributed by atoms with Crippen molar-refractivity contribution in [1.29, 1.82) is 0 Å². The molecule has 1 heterocycles. The van der Waals surface area contributed by atoms with E-state index in [2.05, 4.69) is 4.98 Å². The molecule has 0 aliphatic heterocycles. The second-order valence-corrected chi connectivity index (χ2v) is 4.54. The molecule has 0 unspecified atom stereocenters. The molecule has 0 amide bonds. The van der Waals surface area contributed by atoms with Crippen LogP contribution in [0.3, 0.4) is 0 Å². The van der Waals surface area contributed by atoms with Crippen molar-refractivity contribution >= 4 is 5.97 Å². The second-order valence-electron chi connectivity index (χ2n) is 4.54. The lowest BCUT2D eigenvalue weighted by Gasteiger charge is -2.10. The Labute approximate surface area is 106 Å². The minimum absolute atomic E-state index is 0.345. The third kappa shape index (κ3) is 2.25. The summed E-state index contributed by atoms with van der Waals surface area (Å²) in [7, 11) is 0. The van der Waals surface area contributed by atoms with Crippen LogP contribution >= 0.6 is 0 Å². The van der Waals surface area contributed by atoms with E-state index in [1.54, 1.807) is 18.5 Å². The van der Waals surface area contributed by atoms with Crippen LogP contribution in [-0.4, -0.2) is 16.1 Å². The van der Waals surface area contributed by atoms with E-state index in [0.717, 1.165) is 27.8 Å². The van der Waals surface area contributed by atoms with Gasteiger partial charge in [-0.3, -0.25) is 4.98 Å². The van der Waals surface area contributed by atoms with Gasteiger partial charge in [0, 0.05) is 18.0 Å². The summed E-state index contributed by atoms with van der Waals surface area (Å²) in [5.41, 5.74) is 5.12. The van der Waals surface area contributed by atoms with Crippen molar-refractivity contribution in [2.45, 2.75) is 20.8 Å². The second kappa shape index (κ2) is 4.61. The van der Waals surface area contributed by atoms with Crippen molar-refractivity contribution in [2.24, 2.45) is 0 Å². The van der Waals surface area contributed by atoms with E-state index >= 15 is 0 Å². The minimum Gasteiger partial charge on any atom is -0.478 e. The first-order valence-electron chi connectivity index (χ1n) is 5.75. The van der Waals surface area contributed by atoms with Gasteiger partial charge in [0.25, 0.3) is 0 Å². The van der Waals surface area contributed by atoms with Crippen LogP contribution in [-0.2, 0) is 0 Å². The van der Waals surface area contributed by atoms with Crippen molar-refractivity contribution < 1.29 is 9.90 Å². The highest BCUT2D eigenvalue weighted by atomic mass is 16.4. The average molecular weight is 241 g/mol. The number of aryl methyl sites for hydroxylation is 3. The monoisotopic (exact) mass is 241 g/mol. The maximum atomic E-state index is 11.2. The third-order valence-corrected chi connectivity index (χ3v) is 2.99. The van der Waals surface area contributed by atoms with Crippen LogP contribution in [0.2, 0.25) is 0 Å². The Morgan fingerprint density at radius 1 is 1.06 bits per heavy atom. The highest BCUT2D eigenvalue weighted by Crippen LogP contribution is 2.26. The Balaban J connectivity index is 2.64. The molecule has 0 bridgehead atoms. The summed E-state index contributed by atoms with van der Waals surface area (Å²) in [5.74, 6) is -0.894. The van der Waals surface area contributed by atoms with Crippen molar-refractivity contribution in [3.05, 3.63) is 52.8 Å². The van der Waals surface area contributed by atoms with Gasteiger partial charge in [0.05, 0.1) is 5.56 Å². The molecule has 1 N–H and O–H groups in total. The molecule has 0 radical (unpaired) electrons. The summed E-state index contributed by atoms with van der Waals surface area (Å²) in [4.78, 5) is 15.3. The smallest absolute Gasteiger partial charge is 0.335 e. The van der Waals surface area contributed by atoms with Crippen LogP contribution in [0.15, 0.2) is 30.6 Å². The Morgan fingerprint density at radius 2 is 1.78 bits per heavy atom. The van der Waals surface area contributed by atoms with Gasteiger partial charge in [0.15, 0.2) is 0 Å². The lowest BCUT2D eigenvalue weighted by Crippen LogP contribution is -2.01. The summed E-state index contributed by atoms with van der Waals surface area (Å²) >= 11 is 0. The van der Waals surface area contributed by atoms with Crippen LogP contribution in [0, 0.1) is 20.8 Å². The standard InChI is InChI=1S/C15H15NO2/c1-9-4-12(8-16-7-9)13-6-14(15(17)18)11(3)5-10(13)2/h4-8H,1-3H3,(H,17,18). The molecular formula is C15H15NO2. The molecule has 0 saturated heterocycles. The molecule has 2 aromatic rings.